The van der Waals surface area contributed by atoms with Crippen LogP contribution in [0.4, 0.5) is 17.6 Å². The van der Waals surface area contributed by atoms with Gasteiger partial charge in [-0.05, 0) is 36.8 Å². The van der Waals surface area contributed by atoms with Gasteiger partial charge in [0.15, 0.2) is 6.10 Å². The SMILES string of the molecule is C[C@H](Oc1ccc(S)cc1C(=O)N1Cc2cc(CF)cnc2C1)C(F)(F)F. The zero-order chi connectivity index (χ0) is 19.8. The van der Waals surface area contributed by atoms with E-state index in [1.807, 2.05) is 0 Å². The van der Waals surface area contributed by atoms with Crippen LogP contribution in [0.15, 0.2) is 35.4 Å². The maximum absolute atomic E-state index is 12.9. The van der Waals surface area contributed by atoms with Gasteiger partial charge in [-0.3, -0.25) is 9.78 Å². The van der Waals surface area contributed by atoms with Crippen molar-refractivity contribution in [3.05, 3.63) is 52.8 Å². The highest BCUT2D eigenvalue weighted by Gasteiger charge is 2.39. The number of fused-ring (bicyclic) bond motifs is 1. The summed E-state index contributed by atoms with van der Waals surface area (Å²) in [6.45, 7) is 0.589. The van der Waals surface area contributed by atoms with Crippen molar-refractivity contribution in [2.75, 3.05) is 0 Å². The molecular weight excluding hydrogens is 384 g/mol. The van der Waals surface area contributed by atoms with Crippen LogP contribution in [-0.2, 0) is 19.8 Å². The highest BCUT2D eigenvalue weighted by molar-refractivity contribution is 7.80. The van der Waals surface area contributed by atoms with E-state index in [2.05, 4.69) is 17.6 Å². The van der Waals surface area contributed by atoms with E-state index >= 15 is 0 Å². The Labute approximate surface area is 158 Å². The minimum atomic E-state index is -4.56. The van der Waals surface area contributed by atoms with Gasteiger partial charge in [0.05, 0.1) is 17.8 Å². The molecule has 1 aliphatic heterocycles. The number of hydrogen-bond acceptors (Lipinski definition) is 4. The molecule has 27 heavy (non-hydrogen) atoms. The number of nitrogens with zero attached hydrogens (tertiary/aromatic N) is 2. The molecule has 0 aliphatic carbocycles. The molecule has 0 N–H and O–H groups in total. The first-order valence-corrected chi connectivity index (χ1v) is 8.52. The summed E-state index contributed by atoms with van der Waals surface area (Å²) >= 11 is 4.16. The van der Waals surface area contributed by atoms with Crippen molar-refractivity contribution in [2.24, 2.45) is 0 Å². The lowest BCUT2D eigenvalue weighted by Crippen LogP contribution is -2.32. The molecule has 144 valence electrons. The van der Waals surface area contributed by atoms with Crippen molar-refractivity contribution in [2.45, 2.75) is 43.9 Å². The van der Waals surface area contributed by atoms with E-state index in [0.717, 1.165) is 6.92 Å². The Morgan fingerprint density at radius 1 is 1.33 bits per heavy atom. The number of thiol groups is 1. The Morgan fingerprint density at radius 3 is 2.74 bits per heavy atom. The van der Waals surface area contributed by atoms with Gasteiger partial charge >= 0.3 is 6.18 Å². The van der Waals surface area contributed by atoms with Crippen LogP contribution in [0.2, 0.25) is 0 Å². The van der Waals surface area contributed by atoms with Crippen molar-refractivity contribution in [3.63, 3.8) is 0 Å². The van der Waals surface area contributed by atoms with Gasteiger partial charge < -0.3 is 9.64 Å². The molecule has 0 saturated heterocycles. The van der Waals surface area contributed by atoms with Gasteiger partial charge in [-0.15, -0.1) is 12.6 Å². The first-order valence-electron chi connectivity index (χ1n) is 8.07. The highest BCUT2D eigenvalue weighted by atomic mass is 32.1. The van der Waals surface area contributed by atoms with E-state index in [-0.39, 0.29) is 24.4 Å². The Kier molecular flexibility index (Phi) is 5.32. The first-order chi connectivity index (χ1) is 12.7. The van der Waals surface area contributed by atoms with Gasteiger partial charge in [0.2, 0.25) is 0 Å². The van der Waals surface area contributed by atoms with Crippen molar-refractivity contribution in [3.8, 4) is 5.75 Å². The number of amides is 1. The molecule has 0 fully saturated rings. The number of alkyl halides is 4. The van der Waals surface area contributed by atoms with E-state index < -0.39 is 24.9 Å². The second kappa shape index (κ2) is 7.38. The second-order valence-electron chi connectivity index (χ2n) is 6.23. The molecule has 3 rings (SSSR count). The van der Waals surface area contributed by atoms with E-state index in [9.17, 15) is 22.4 Å². The standard InChI is InChI=1S/C18H16F4N2O2S/c1-10(18(20,21)22)26-16-3-2-13(27)5-14(16)17(25)24-8-12-4-11(6-19)7-23-15(12)9-24/h2-5,7,10,27H,6,8-9H2,1H3/t10-/m0/s1. The quantitative estimate of drug-likeness (QED) is 0.614. The number of carbonyl (C=O) groups is 1. The number of benzene rings is 1. The Bertz CT molecular complexity index is 873. The third-order valence-corrected chi connectivity index (χ3v) is 4.50. The van der Waals surface area contributed by atoms with Gasteiger partial charge in [0.1, 0.15) is 12.4 Å². The lowest BCUT2D eigenvalue weighted by atomic mass is 10.1. The molecular formula is C18H16F4N2O2S. The fourth-order valence-corrected chi connectivity index (χ4v) is 2.95. The summed E-state index contributed by atoms with van der Waals surface area (Å²) in [5.41, 5.74) is 1.74. The molecule has 1 aromatic heterocycles. The zero-order valence-electron chi connectivity index (χ0n) is 14.3. The fraction of sp³-hybridized carbons (Fsp3) is 0.333. The average molecular weight is 400 g/mol. The summed E-state index contributed by atoms with van der Waals surface area (Å²) in [6.07, 6.45) is -5.23. The maximum atomic E-state index is 12.9. The second-order valence-corrected chi connectivity index (χ2v) is 6.74. The summed E-state index contributed by atoms with van der Waals surface area (Å²) in [6, 6.07) is 5.74. The number of pyridine rings is 1. The number of hydrogen-bond donors (Lipinski definition) is 1. The van der Waals surface area contributed by atoms with E-state index in [1.54, 1.807) is 6.07 Å². The van der Waals surface area contributed by atoms with Crippen molar-refractivity contribution >= 4 is 18.5 Å². The van der Waals surface area contributed by atoms with Crippen LogP contribution in [0.3, 0.4) is 0 Å². The fourth-order valence-electron chi connectivity index (χ4n) is 2.74. The molecule has 0 radical (unpaired) electrons. The van der Waals surface area contributed by atoms with E-state index in [4.69, 9.17) is 4.74 Å². The molecule has 1 aromatic carbocycles. The third kappa shape index (κ3) is 4.18. The monoisotopic (exact) mass is 400 g/mol. The van der Waals surface area contributed by atoms with Gasteiger partial charge in [-0.1, -0.05) is 0 Å². The lowest BCUT2D eigenvalue weighted by Gasteiger charge is -2.22. The molecule has 0 saturated carbocycles. The van der Waals surface area contributed by atoms with Gasteiger partial charge in [-0.2, -0.15) is 13.2 Å². The summed E-state index contributed by atoms with van der Waals surface area (Å²) < 4.78 is 56.3. The van der Waals surface area contributed by atoms with Crippen LogP contribution < -0.4 is 4.74 Å². The smallest absolute Gasteiger partial charge is 0.425 e. The van der Waals surface area contributed by atoms with Crippen LogP contribution >= 0.6 is 12.6 Å². The highest BCUT2D eigenvalue weighted by Crippen LogP contribution is 2.31. The van der Waals surface area contributed by atoms with Crippen LogP contribution in [0.1, 0.15) is 34.1 Å². The molecule has 1 amide bonds. The zero-order valence-corrected chi connectivity index (χ0v) is 15.1. The van der Waals surface area contributed by atoms with Crippen LogP contribution in [0.5, 0.6) is 5.75 Å². The molecule has 1 aliphatic rings. The first kappa shape index (κ1) is 19.5. The molecule has 4 nitrogen and oxygen atoms in total. The van der Waals surface area contributed by atoms with Crippen molar-refractivity contribution < 1.29 is 27.1 Å². The third-order valence-electron chi connectivity index (χ3n) is 4.22. The maximum Gasteiger partial charge on any atom is 0.425 e. The van der Waals surface area contributed by atoms with E-state index in [1.165, 1.54) is 29.3 Å². The average Bonchev–Trinajstić information content (AvgIpc) is 3.04. The molecule has 0 unspecified atom stereocenters. The van der Waals surface area contributed by atoms with Crippen LogP contribution in [0.25, 0.3) is 0 Å². The molecule has 2 aromatic rings. The predicted octanol–water partition coefficient (Wildman–Crippen LogP) is 4.33. The van der Waals surface area contributed by atoms with Crippen LogP contribution in [0, 0.1) is 0 Å². The number of halogens is 4. The normalized spacial score (nSPS) is 14.8. The molecule has 9 heteroatoms. The van der Waals surface area contributed by atoms with Crippen molar-refractivity contribution in [1.82, 2.24) is 9.88 Å². The predicted molar refractivity (Wildman–Crippen MR) is 92.5 cm³/mol. The Hall–Kier alpha value is -2.29. The number of aromatic nitrogens is 1. The molecule has 0 bridgehead atoms. The summed E-state index contributed by atoms with van der Waals surface area (Å²) in [5, 5.41) is 0. The number of ether oxygens (including phenoxy) is 1. The van der Waals surface area contributed by atoms with Gasteiger partial charge in [0.25, 0.3) is 5.91 Å². The van der Waals surface area contributed by atoms with Gasteiger partial charge in [0, 0.05) is 23.2 Å². The Balaban J connectivity index is 1.86. The minimum absolute atomic E-state index is 0.0166. The largest absolute Gasteiger partial charge is 0.480 e. The topological polar surface area (TPSA) is 42.4 Å². The van der Waals surface area contributed by atoms with Crippen molar-refractivity contribution in [1.29, 1.82) is 0 Å². The minimum Gasteiger partial charge on any atom is -0.480 e. The summed E-state index contributed by atoms with van der Waals surface area (Å²) in [7, 11) is 0. The number of carbonyl (C=O) groups excluding carboxylic acids is 1. The molecule has 1 atom stereocenters. The summed E-state index contributed by atoms with van der Waals surface area (Å²) in [4.78, 5) is 18.9. The molecule has 2 heterocycles. The Morgan fingerprint density at radius 2 is 2.07 bits per heavy atom. The number of rotatable bonds is 4. The van der Waals surface area contributed by atoms with Gasteiger partial charge in [-0.25, -0.2) is 4.39 Å². The molecule has 0 spiro atoms. The van der Waals surface area contributed by atoms with Crippen LogP contribution in [-0.4, -0.2) is 28.1 Å². The lowest BCUT2D eigenvalue weighted by molar-refractivity contribution is -0.189. The van der Waals surface area contributed by atoms with E-state index in [0.29, 0.717) is 21.7 Å². The summed E-state index contributed by atoms with van der Waals surface area (Å²) in [5.74, 6) is -0.675.